The van der Waals surface area contributed by atoms with E-state index in [0.29, 0.717) is 13.0 Å². The summed E-state index contributed by atoms with van der Waals surface area (Å²) in [5.74, 6) is -2.02. The van der Waals surface area contributed by atoms with E-state index in [0.717, 1.165) is 32.1 Å². The molecule has 2 saturated heterocycles. The number of piperidine rings is 1. The van der Waals surface area contributed by atoms with Gasteiger partial charge in [-0.05, 0) is 77.6 Å². The van der Waals surface area contributed by atoms with Gasteiger partial charge >= 0.3 is 12.1 Å². The Hall–Kier alpha value is -2.93. The molecule has 3 rings (SSSR count). The minimum Gasteiger partial charge on any atom is -0.469 e. The van der Waals surface area contributed by atoms with Crippen LogP contribution in [0.3, 0.4) is 0 Å². The minimum absolute atomic E-state index is 0.00707. The zero-order chi connectivity index (χ0) is 37.7. The summed E-state index contributed by atoms with van der Waals surface area (Å²) in [6, 6.07) is -2.41. The van der Waals surface area contributed by atoms with Gasteiger partial charge in [-0.1, -0.05) is 34.1 Å². The number of amides is 4. The fraction of sp³-hybridized carbons (Fsp3) is 0.865. The first-order valence-electron chi connectivity index (χ1n) is 18.4. The summed E-state index contributed by atoms with van der Waals surface area (Å²) >= 11 is 0. The molecule has 1 saturated carbocycles. The predicted octanol–water partition coefficient (Wildman–Crippen LogP) is 4.01. The van der Waals surface area contributed by atoms with Crippen LogP contribution in [0.5, 0.6) is 0 Å². The third kappa shape index (κ3) is 9.29. The number of rotatable bonds is 15. The number of hydrogen-bond acceptors (Lipinski definition) is 9. The van der Waals surface area contributed by atoms with Crippen LogP contribution in [0.1, 0.15) is 100 Å². The first-order valence-corrected chi connectivity index (χ1v) is 18.4. The number of nitrogens with zero attached hydrogens (tertiary/aromatic N) is 3. The molecule has 10 atom stereocenters. The molecule has 1 N–H and O–H groups in total. The number of carbonyl (C=O) groups is 5. The monoisotopic (exact) mass is 708 g/mol. The van der Waals surface area contributed by atoms with Gasteiger partial charge in [-0.25, -0.2) is 4.79 Å². The molecule has 2 aliphatic heterocycles. The second kappa shape index (κ2) is 17.5. The highest BCUT2D eigenvalue weighted by Crippen LogP contribution is 2.43. The van der Waals surface area contributed by atoms with Crippen molar-refractivity contribution in [2.75, 3.05) is 34.9 Å². The second-order valence-corrected chi connectivity index (χ2v) is 15.9. The van der Waals surface area contributed by atoms with Crippen molar-refractivity contribution in [2.24, 2.45) is 23.7 Å². The van der Waals surface area contributed by atoms with Gasteiger partial charge < -0.3 is 34.1 Å². The molecule has 50 heavy (non-hydrogen) atoms. The van der Waals surface area contributed by atoms with Crippen LogP contribution in [-0.2, 0) is 38.1 Å². The largest absolute Gasteiger partial charge is 0.469 e. The van der Waals surface area contributed by atoms with Crippen molar-refractivity contribution in [3.63, 3.8) is 0 Å². The molecular weight excluding hydrogens is 644 g/mol. The molecular formula is C37H64N4O9. The molecule has 2 heterocycles. The van der Waals surface area contributed by atoms with Gasteiger partial charge in [-0.15, -0.1) is 0 Å². The summed E-state index contributed by atoms with van der Waals surface area (Å²) in [6.07, 6.45) is 2.95. The fourth-order valence-corrected chi connectivity index (χ4v) is 8.35. The van der Waals surface area contributed by atoms with E-state index in [2.05, 4.69) is 5.32 Å². The Labute approximate surface area is 299 Å². The van der Waals surface area contributed by atoms with E-state index in [1.54, 1.807) is 63.7 Å². The average molecular weight is 709 g/mol. The van der Waals surface area contributed by atoms with Crippen LogP contribution in [0.4, 0.5) is 4.79 Å². The number of nitrogens with one attached hydrogen (secondary N) is 1. The Morgan fingerprint density at radius 1 is 0.960 bits per heavy atom. The molecule has 0 radical (unpaired) electrons. The number of likely N-dealkylation sites (tertiary alicyclic amines) is 2. The molecule has 2 bridgehead atoms. The summed E-state index contributed by atoms with van der Waals surface area (Å²) in [5, 5.41) is 3.03. The van der Waals surface area contributed by atoms with Crippen molar-refractivity contribution in [3.05, 3.63) is 0 Å². The molecule has 0 aromatic carbocycles. The van der Waals surface area contributed by atoms with Crippen LogP contribution in [0, 0.1) is 23.7 Å². The summed E-state index contributed by atoms with van der Waals surface area (Å²) in [4.78, 5) is 72.9. The highest BCUT2D eigenvalue weighted by atomic mass is 16.6. The third-order valence-electron chi connectivity index (χ3n) is 11.1. The number of esters is 1. The van der Waals surface area contributed by atoms with E-state index in [4.69, 9.17) is 18.9 Å². The Balaban J connectivity index is 1.81. The smallest absolute Gasteiger partial charge is 0.411 e. The van der Waals surface area contributed by atoms with Crippen LogP contribution >= 0.6 is 0 Å². The normalized spacial score (nSPS) is 25.5. The average Bonchev–Trinajstić information content (AvgIpc) is 3.82. The van der Waals surface area contributed by atoms with Crippen molar-refractivity contribution in [1.29, 1.82) is 0 Å². The highest BCUT2D eigenvalue weighted by molar-refractivity contribution is 5.92. The summed E-state index contributed by atoms with van der Waals surface area (Å²) < 4.78 is 22.4. The van der Waals surface area contributed by atoms with Gasteiger partial charge in [0.05, 0.1) is 43.7 Å². The number of methoxy groups -OCH3 is 3. The second-order valence-electron chi connectivity index (χ2n) is 15.9. The van der Waals surface area contributed by atoms with Gasteiger partial charge in [0.2, 0.25) is 17.7 Å². The highest BCUT2D eigenvalue weighted by Gasteiger charge is 2.53. The molecule has 3 fully saturated rings. The third-order valence-corrected chi connectivity index (χ3v) is 11.1. The standard InChI is InChI=1S/C37H64N4O9/c1-13-22(4)30(27(47-10)20-28(42)40-18-14-15-26(40)32(48-11)23(5)35(45)49-12)39(9)34(44)29(21(2)3)38-33(43)31-24-16-17-25(19-24)41(31)36(46)50-37(6,7)8/h21-27,29-32H,13-20H2,1-12H3,(H,38,43)/t22?,23?,24-,25+,26-,27?,29?,30?,31-,32?/m0/s1. The lowest BCUT2D eigenvalue weighted by atomic mass is 9.89. The van der Waals surface area contributed by atoms with Crippen molar-refractivity contribution in [1.82, 2.24) is 20.0 Å². The Bertz CT molecular complexity index is 1210. The topological polar surface area (TPSA) is 144 Å². The lowest BCUT2D eigenvalue weighted by Crippen LogP contribution is -2.61. The van der Waals surface area contributed by atoms with Crippen molar-refractivity contribution in [2.45, 2.75) is 148 Å². The van der Waals surface area contributed by atoms with Gasteiger partial charge in [0, 0.05) is 33.9 Å². The molecule has 13 nitrogen and oxygen atoms in total. The lowest BCUT2D eigenvalue weighted by Gasteiger charge is -2.41. The fourth-order valence-electron chi connectivity index (χ4n) is 8.35. The van der Waals surface area contributed by atoms with Crippen LogP contribution in [0.15, 0.2) is 0 Å². The predicted molar refractivity (Wildman–Crippen MR) is 188 cm³/mol. The maximum atomic E-state index is 14.4. The summed E-state index contributed by atoms with van der Waals surface area (Å²) in [7, 11) is 6.14. The van der Waals surface area contributed by atoms with Crippen molar-refractivity contribution < 1.29 is 42.9 Å². The maximum absolute atomic E-state index is 14.4. The van der Waals surface area contributed by atoms with Crippen LogP contribution < -0.4 is 5.32 Å². The molecule has 13 heteroatoms. The summed E-state index contributed by atoms with van der Waals surface area (Å²) in [5.41, 5.74) is -0.702. The number of ether oxygens (including phenoxy) is 4. The van der Waals surface area contributed by atoms with Gasteiger partial charge in [-0.2, -0.15) is 0 Å². The van der Waals surface area contributed by atoms with E-state index in [1.807, 2.05) is 27.7 Å². The van der Waals surface area contributed by atoms with E-state index >= 15 is 0 Å². The van der Waals surface area contributed by atoms with E-state index in [-0.39, 0.29) is 54.0 Å². The number of hydrogen-bond donors (Lipinski definition) is 1. The van der Waals surface area contributed by atoms with Gasteiger partial charge in [0.15, 0.2) is 0 Å². The molecule has 0 aromatic heterocycles. The van der Waals surface area contributed by atoms with Crippen LogP contribution in [-0.4, -0.2) is 127 Å². The molecule has 4 amide bonds. The van der Waals surface area contributed by atoms with Gasteiger partial charge in [-0.3, -0.25) is 24.1 Å². The van der Waals surface area contributed by atoms with E-state index < -0.39 is 53.9 Å². The number of likely N-dealkylation sites (N-methyl/N-ethyl adjacent to an activating group) is 1. The molecule has 1 aliphatic carbocycles. The number of fused-ring (bicyclic) bond motifs is 2. The zero-order valence-corrected chi connectivity index (χ0v) is 32.5. The van der Waals surface area contributed by atoms with Crippen molar-refractivity contribution >= 4 is 29.8 Å². The minimum atomic E-state index is -0.864. The Morgan fingerprint density at radius 3 is 2.16 bits per heavy atom. The Morgan fingerprint density at radius 2 is 1.62 bits per heavy atom. The molecule has 0 aromatic rings. The maximum Gasteiger partial charge on any atom is 0.411 e. The van der Waals surface area contributed by atoms with E-state index in [1.165, 1.54) is 7.11 Å². The van der Waals surface area contributed by atoms with Gasteiger partial charge in [0.25, 0.3) is 0 Å². The molecule has 3 aliphatic rings. The zero-order valence-electron chi connectivity index (χ0n) is 32.5. The quantitative estimate of drug-likeness (QED) is 0.250. The Kier molecular flexibility index (Phi) is 14.5. The number of carbonyl (C=O) groups excluding carboxylic acids is 5. The van der Waals surface area contributed by atoms with Crippen LogP contribution in [0.2, 0.25) is 0 Å². The lowest BCUT2D eigenvalue weighted by molar-refractivity contribution is -0.154. The molecule has 286 valence electrons. The van der Waals surface area contributed by atoms with E-state index in [9.17, 15) is 24.0 Å². The van der Waals surface area contributed by atoms with Crippen molar-refractivity contribution in [3.8, 4) is 0 Å². The molecule has 0 spiro atoms. The SMILES string of the molecule is CCC(C)C(C(CC(=O)N1CCC[C@H]1C(OC)C(C)C(=O)OC)OC)N(C)C(=O)C(NC(=O)[C@@H]1[C@H]2CC[C@H](C2)N1C(=O)OC(C)(C)C)C(C)C. The first-order chi connectivity index (χ1) is 23.4. The van der Waals surface area contributed by atoms with Crippen LogP contribution in [0.25, 0.3) is 0 Å². The molecule has 6 unspecified atom stereocenters. The van der Waals surface area contributed by atoms with Gasteiger partial charge in [0.1, 0.15) is 17.7 Å². The first kappa shape index (κ1) is 41.5. The summed E-state index contributed by atoms with van der Waals surface area (Å²) in [6.45, 7) is 15.5.